The van der Waals surface area contributed by atoms with Crippen molar-refractivity contribution in [1.82, 2.24) is 10.2 Å². The van der Waals surface area contributed by atoms with E-state index in [9.17, 15) is 14.7 Å². The van der Waals surface area contributed by atoms with Crippen molar-refractivity contribution in [2.75, 3.05) is 20.2 Å². The van der Waals surface area contributed by atoms with E-state index >= 15 is 0 Å². The average molecular weight is 306 g/mol. The molecule has 1 aromatic carbocycles. The Morgan fingerprint density at radius 1 is 1.41 bits per heavy atom. The molecule has 1 unspecified atom stereocenters. The molecule has 1 saturated heterocycles. The van der Waals surface area contributed by atoms with Crippen molar-refractivity contribution in [3.63, 3.8) is 0 Å². The molecule has 1 aliphatic heterocycles. The molecule has 0 bridgehead atoms. The van der Waals surface area contributed by atoms with Crippen molar-refractivity contribution in [3.8, 4) is 5.75 Å². The average Bonchev–Trinajstić information content (AvgIpc) is 2.88. The van der Waals surface area contributed by atoms with E-state index in [4.69, 9.17) is 4.74 Å². The predicted molar refractivity (Wildman–Crippen MR) is 81.9 cm³/mol. The number of aryl methyl sites for hydroxylation is 1. The maximum absolute atomic E-state index is 12.2. The van der Waals surface area contributed by atoms with Crippen molar-refractivity contribution in [3.05, 3.63) is 29.3 Å². The smallest absolute Gasteiger partial charge is 0.317 e. The topological polar surface area (TPSA) is 78.9 Å². The molecule has 1 fully saturated rings. The Labute approximate surface area is 130 Å². The fraction of sp³-hybridized carbons (Fsp3) is 0.500. The minimum absolute atomic E-state index is 0.231. The van der Waals surface area contributed by atoms with Crippen LogP contribution in [0.1, 0.15) is 24.5 Å². The zero-order valence-electron chi connectivity index (χ0n) is 13.2. The van der Waals surface area contributed by atoms with Crippen molar-refractivity contribution in [2.45, 2.75) is 26.8 Å². The Hall–Kier alpha value is -2.24. The highest BCUT2D eigenvalue weighted by Crippen LogP contribution is 2.30. The van der Waals surface area contributed by atoms with E-state index in [1.807, 2.05) is 25.1 Å². The molecule has 6 nitrogen and oxygen atoms in total. The standard InChI is InChI=1S/C16H22N2O4/c1-11-6-12(8-13(7-11)22-3)9-17-15(21)18-5-4-16(2,10-18)14(19)20/h6-8H,4-5,9-10H2,1-3H3,(H,17,21)(H,19,20). The maximum atomic E-state index is 12.2. The van der Waals surface area contributed by atoms with E-state index in [-0.39, 0.29) is 12.6 Å². The summed E-state index contributed by atoms with van der Waals surface area (Å²) in [5.74, 6) is -0.102. The minimum atomic E-state index is -0.855. The first-order valence-electron chi connectivity index (χ1n) is 7.25. The molecule has 2 rings (SSSR count). The molecule has 1 aromatic rings. The molecule has 1 aliphatic rings. The van der Waals surface area contributed by atoms with Crippen LogP contribution in [0.25, 0.3) is 0 Å². The largest absolute Gasteiger partial charge is 0.497 e. The van der Waals surface area contributed by atoms with E-state index < -0.39 is 11.4 Å². The van der Waals surface area contributed by atoms with Gasteiger partial charge in [-0.25, -0.2) is 4.79 Å². The lowest BCUT2D eigenvalue weighted by Crippen LogP contribution is -2.40. The maximum Gasteiger partial charge on any atom is 0.317 e. The number of urea groups is 1. The number of carbonyl (C=O) groups excluding carboxylic acids is 1. The zero-order chi connectivity index (χ0) is 16.3. The third-order valence-electron chi connectivity index (χ3n) is 4.07. The number of methoxy groups -OCH3 is 1. The lowest BCUT2D eigenvalue weighted by Gasteiger charge is -2.20. The summed E-state index contributed by atoms with van der Waals surface area (Å²) in [5, 5.41) is 12.0. The Kier molecular flexibility index (Phi) is 4.59. The Balaban J connectivity index is 1.94. The van der Waals surface area contributed by atoms with Crippen LogP contribution in [0.2, 0.25) is 0 Å². The fourth-order valence-corrected chi connectivity index (χ4v) is 2.64. The third kappa shape index (κ3) is 3.50. The molecule has 6 heteroatoms. The van der Waals surface area contributed by atoms with Crippen LogP contribution in [0, 0.1) is 12.3 Å². The van der Waals surface area contributed by atoms with E-state index in [1.165, 1.54) is 0 Å². The second-order valence-corrected chi connectivity index (χ2v) is 6.05. The van der Waals surface area contributed by atoms with Gasteiger partial charge >= 0.3 is 12.0 Å². The second-order valence-electron chi connectivity index (χ2n) is 6.05. The summed E-state index contributed by atoms with van der Waals surface area (Å²) in [4.78, 5) is 24.9. The fourth-order valence-electron chi connectivity index (χ4n) is 2.64. The van der Waals surface area contributed by atoms with Crippen LogP contribution in [-0.2, 0) is 11.3 Å². The van der Waals surface area contributed by atoms with Gasteiger partial charge in [-0.2, -0.15) is 0 Å². The van der Waals surface area contributed by atoms with Gasteiger partial charge in [-0.05, 0) is 43.5 Å². The number of nitrogens with one attached hydrogen (secondary N) is 1. The summed E-state index contributed by atoms with van der Waals surface area (Å²) in [7, 11) is 1.61. The van der Waals surface area contributed by atoms with Crippen LogP contribution in [0.3, 0.4) is 0 Å². The number of carbonyl (C=O) groups is 2. The van der Waals surface area contributed by atoms with Crippen molar-refractivity contribution in [1.29, 1.82) is 0 Å². The van der Waals surface area contributed by atoms with Crippen LogP contribution in [0.5, 0.6) is 5.75 Å². The molecule has 0 radical (unpaired) electrons. The second kappa shape index (κ2) is 6.25. The number of carboxylic acid groups (broad SMARTS) is 1. The number of nitrogens with zero attached hydrogens (tertiary/aromatic N) is 1. The molecular weight excluding hydrogens is 284 g/mol. The van der Waals surface area contributed by atoms with Gasteiger partial charge < -0.3 is 20.1 Å². The molecule has 1 atom stereocenters. The summed E-state index contributed by atoms with van der Waals surface area (Å²) in [6.07, 6.45) is 0.480. The molecule has 0 spiro atoms. The number of likely N-dealkylation sites (tertiary alicyclic amines) is 1. The number of aliphatic carboxylic acids is 1. The Morgan fingerprint density at radius 3 is 2.73 bits per heavy atom. The molecule has 22 heavy (non-hydrogen) atoms. The van der Waals surface area contributed by atoms with Gasteiger partial charge in [0.05, 0.1) is 12.5 Å². The van der Waals surface area contributed by atoms with Gasteiger partial charge in [-0.1, -0.05) is 6.07 Å². The van der Waals surface area contributed by atoms with Gasteiger partial charge in [0.25, 0.3) is 0 Å². The van der Waals surface area contributed by atoms with E-state index in [2.05, 4.69) is 5.32 Å². The highest BCUT2D eigenvalue weighted by Gasteiger charge is 2.42. The van der Waals surface area contributed by atoms with Crippen LogP contribution in [-0.4, -0.2) is 42.2 Å². The van der Waals surface area contributed by atoms with Gasteiger partial charge in [0, 0.05) is 19.6 Å². The number of carboxylic acids is 1. The number of hydrogen-bond acceptors (Lipinski definition) is 3. The number of hydrogen-bond donors (Lipinski definition) is 2. The Morgan fingerprint density at radius 2 is 2.14 bits per heavy atom. The lowest BCUT2D eigenvalue weighted by atomic mass is 9.90. The van der Waals surface area contributed by atoms with E-state index in [0.29, 0.717) is 19.5 Å². The predicted octanol–water partition coefficient (Wildman–Crippen LogP) is 2.01. The van der Waals surface area contributed by atoms with Gasteiger partial charge in [0.2, 0.25) is 0 Å². The summed E-state index contributed by atoms with van der Waals surface area (Å²) in [5.41, 5.74) is 1.16. The van der Waals surface area contributed by atoms with Gasteiger partial charge in [-0.3, -0.25) is 4.79 Å². The number of rotatable bonds is 4. The molecule has 120 valence electrons. The van der Waals surface area contributed by atoms with Crippen molar-refractivity contribution < 1.29 is 19.4 Å². The Bertz CT molecular complexity index is 588. The normalized spacial score (nSPS) is 20.8. The van der Waals surface area contributed by atoms with Crippen LogP contribution < -0.4 is 10.1 Å². The summed E-state index contributed by atoms with van der Waals surface area (Å²) in [6, 6.07) is 5.54. The minimum Gasteiger partial charge on any atom is -0.497 e. The molecule has 0 saturated carbocycles. The van der Waals surface area contributed by atoms with Crippen molar-refractivity contribution >= 4 is 12.0 Å². The lowest BCUT2D eigenvalue weighted by molar-refractivity contribution is -0.147. The molecule has 2 amide bonds. The van der Waals surface area contributed by atoms with Crippen LogP contribution >= 0.6 is 0 Å². The number of benzene rings is 1. The van der Waals surface area contributed by atoms with E-state index in [0.717, 1.165) is 16.9 Å². The van der Waals surface area contributed by atoms with Crippen molar-refractivity contribution in [2.24, 2.45) is 5.41 Å². The van der Waals surface area contributed by atoms with Gasteiger partial charge in [-0.15, -0.1) is 0 Å². The first-order chi connectivity index (χ1) is 10.3. The monoisotopic (exact) mass is 306 g/mol. The SMILES string of the molecule is COc1cc(C)cc(CNC(=O)N2CCC(C)(C(=O)O)C2)c1. The first kappa shape index (κ1) is 16.1. The summed E-state index contributed by atoms with van der Waals surface area (Å²) >= 11 is 0. The quantitative estimate of drug-likeness (QED) is 0.892. The third-order valence-corrected chi connectivity index (χ3v) is 4.07. The summed E-state index contributed by atoms with van der Waals surface area (Å²) in [6.45, 7) is 4.73. The molecule has 0 aliphatic carbocycles. The highest BCUT2D eigenvalue weighted by molar-refractivity contribution is 5.79. The van der Waals surface area contributed by atoms with Crippen LogP contribution in [0.15, 0.2) is 18.2 Å². The summed E-state index contributed by atoms with van der Waals surface area (Å²) < 4.78 is 5.21. The van der Waals surface area contributed by atoms with Gasteiger partial charge in [0.15, 0.2) is 0 Å². The van der Waals surface area contributed by atoms with E-state index in [1.54, 1.807) is 18.9 Å². The highest BCUT2D eigenvalue weighted by atomic mass is 16.5. The number of ether oxygens (including phenoxy) is 1. The van der Waals surface area contributed by atoms with Gasteiger partial charge in [0.1, 0.15) is 5.75 Å². The molecular formula is C16H22N2O4. The molecule has 0 aromatic heterocycles. The van der Waals surface area contributed by atoms with Crippen LogP contribution in [0.4, 0.5) is 4.79 Å². The zero-order valence-corrected chi connectivity index (χ0v) is 13.2. The molecule has 1 heterocycles. The molecule has 2 N–H and O–H groups in total. The number of amides is 2. The first-order valence-corrected chi connectivity index (χ1v) is 7.25.